The summed E-state index contributed by atoms with van der Waals surface area (Å²) >= 11 is 0. The molecule has 0 aromatic rings. The summed E-state index contributed by atoms with van der Waals surface area (Å²) in [4.78, 5) is 62.3. The Labute approximate surface area is 138 Å². The minimum Gasteiger partial charge on any atom is -0.333 e. The zero-order valence-corrected chi connectivity index (χ0v) is 14.1. The van der Waals surface area contributed by atoms with Gasteiger partial charge < -0.3 is 19.4 Å². The van der Waals surface area contributed by atoms with Gasteiger partial charge in [-0.25, -0.2) is 0 Å². The van der Waals surface area contributed by atoms with E-state index in [1.165, 1.54) is 6.92 Å². The molecule has 126 valence electrons. The van der Waals surface area contributed by atoms with Crippen molar-refractivity contribution < 1.29 is 55.9 Å². The summed E-state index contributed by atoms with van der Waals surface area (Å²) in [5.41, 5.74) is 0. The molecule has 0 saturated carbocycles. The standard InChI is InChI=1S/C11H18N2O8.Cr/c1-7(13(20-10(4)16)21-11(5)17)6-12(18-8(2)14)19-9(3)15;/h7H,6H2,1-5H3;. The molecule has 0 aromatic carbocycles. The monoisotopic (exact) mass is 358 g/mol. The molecule has 0 rings (SSSR count). The van der Waals surface area contributed by atoms with Gasteiger partial charge in [-0.05, 0) is 6.92 Å². The van der Waals surface area contributed by atoms with Crippen LogP contribution in [0.3, 0.4) is 0 Å². The summed E-state index contributed by atoms with van der Waals surface area (Å²) in [6, 6.07) is -0.795. The molecular formula is C11H18CrN2O8. The van der Waals surface area contributed by atoms with Crippen LogP contribution in [0.2, 0.25) is 0 Å². The van der Waals surface area contributed by atoms with Crippen LogP contribution >= 0.6 is 0 Å². The van der Waals surface area contributed by atoms with Gasteiger partial charge in [-0.1, -0.05) is 0 Å². The summed E-state index contributed by atoms with van der Waals surface area (Å²) in [6.45, 7) is 5.68. The Balaban J connectivity index is 0. The molecule has 11 heteroatoms. The quantitative estimate of drug-likeness (QED) is 0.571. The van der Waals surface area contributed by atoms with Gasteiger partial charge in [0.1, 0.15) is 6.04 Å². The predicted molar refractivity (Wildman–Crippen MR) is 65.1 cm³/mol. The van der Waals surface area contributed by atoms with Gasteiger partial charge in [0.15, 0.2) is 0 Å². The number of nitrogens with zero attached hydrogens (tertiary/aromatic N) is 2. The van der Waals surface area contributed by atoms with Gasteiger partial charge in [0.05, 0.1) is 6.54 Å². The van der Waals surface area contributed by atoms with Crippen molar-refractivity contribution in [3.8, 4) is 0 Å². The fourth-order valence-corrected chi connectivity index (χ4v) is 1.11. The fourth-order valence-electron chi connectivity index (χ4n) is 1.11. The zero-order valence-electron chi connectivity index (χ0n) is 12.9. The second-order valence-electron chi connectivity index (χ2n) is 3.98. The van der Waals surface area contributed by atoms with Crippen LogP contribution in [-0.4, -0.2) is 46.9 Å². The van der Waals surface area contributed by atoms with E-state index in [2.05, 4.69) is 19.4 Å². The van der Waals surface area contributed by atoms with E-state index < -0.39 is 29.9 Å². The average Bonchev–Trinajstić information content (AvgIpc) is 2.24. The van der Waals surface area contributed by atoms with Gasteiger partial charge in [0.2, 0.25) is 0 Å². The summed E-state index contributed by atoms with van der Waals surface area (Å²) in [5, 5.41) is 1.21. The molecule has 0 saturated heterocycles. The summed E-state index contributed by atoms with van der Waals surface area (Å²) in [6.07, 6.45) is 0. The third-order valence-corrected chi connectivity index (χ3v) is 1.67. The normalized spacial score (nSPS) is 11.2. The zero-order chi connectivity index (χ0) is 16.6. The molecule has 0 aliphatic rings. The molecule has 22 heavy (non-hydrogen) atoms. The summed E-state index contributed by atoms with van der Waals surface area (Å²) < 4.78 is 0. The molecule has 10 nitrogen and oxygen atoms in total. The minimum absolute atomic E-state index is 0. The molecule has 0 bridgehead atoms. The molecule has 0 fully saturated rings. The van der Waals surface area contributed by atoms with Crippen LogP contribution in [-0.2, 0) is 55.9 Å². The van der Waals surface area contributed by atoms with Gasteiger partial charge in [-0.2, -0.15) is 0 Å². The van der Waals surface area contributed by atoms with Crippen LogP contribution < -0.4 is 0 Å². The number of carbonyl (C=O) groups is 4. The Kier molecular flexibility index (Phi) is 11.3. The molecule has 0 amide bonds. The van der Waals surface area contributed by atoms with Crippen molar-refractivity contribution in [1.29, 1.82) is 0 Å². The number of carbonyl (C=O) groups excluding carboxylic acids is 4. The number of rotatable bonds is 7. The van der Waals surface area contributed by atoms with E-state index in [1.807, 2.05) is 0 Å². The van der Waals surface area contributed by atoms with Crippen LogP contribution in [0.4, 0.5) is 0 Å². The summed E-state index contributed by atoms with van der Waals surface area (Å²) in [7, 11) is 0. The number of hydrogen-bond acceptors (Lipinski definition) is 10. The maximum absolute atomic E-state index is 10.9. The third-order valence-electron chi connectivity index (χ3n) is 1.67. The van der Waals surface area contributed by atoms with Crippen LogP contribution in [0.15, 0.2) is 0 Å². The van der Waals surface area contributed by atoms with Crippen LogP contribution in [0.5, 0.6) is 0 Å². The third kappa shape index (κ3) is 11.0. The molecule has 0 aromatic heterocycles. The predicted octanol–water partition coefficient (Wildman–Crippen LogP) is -0.111. The van der Waals surface area contributed by atoms with Crippen LogP contribution in [0.1, 0.15) is 34.6 Å². The van der Waals surface area contributed by atoms with Crippen molar-refractivity contribution in [1.82, 2.24) is 10.5 Å². The second kappa shape index (κ2) is 11.0. The van der Waals surface area contributed by atoms with Crippen LogP contribution in [0, 0.1) is 0 Å². The molecule has 1 unspecified atom stereocenters. The van der Waals surface area contributed by atoms with E-state index in [9.17, 15) is 19.2 Å². The fraction of sp³-hybridized carbons (Fsp3) is 0.636. The van der Waals surface area contributed by atoms with Crippen molar-refractivity contribution in [2.45, 2.75) is 40.7 Å². The van der Waals surface area contributed by atoms with Crippen molar-refractivity contribution >= 4 is 23.9 Å². The van der Waals surface area contributed by atoms with Gasteiger partial charge >= 0.3 is 23.9 Å². The van der Waals surface area contributed by atoms with Gasteiger partial charge in [0.25, 0.3) is 0 Å². The van der Waals surface area contributed by atoms with E-state index in [4.69, 9.17) is 0 Å². The van der Waals surface area contributed by atoms with E-state index in [-0.39, 0.29) is 23.9 Å². The topological polar surface area (TPSA) is 112 Å². The first kappa shape index (κ1) is 22.6. The maximum Gasteiger partial charge on any atom is 0.326 e. The first-order valence-corrected chi connectivity index (χ1v) is 5.92. The first-order valence-electron chi connectivity index (χ1n) is 5.92. The van der Waals surface area contributed by atoms with Gasteiger partial charge in [-0.3, -0.25) is 19.2 Å². The Hall–Kier alpha value is -1.67. The van der Waals surface area contributed by atoms with Crippen LogP contribution in [0.25, 0.3) is 0 Å². The summed E-state index contributed by atoms with van der Waals surface area (Å²) in [5.74, 6) is -2.91. The van der Waals surface area contributed by atoms with E-state index >= 15 is 0 Å². The number of hydrogen-bond donors (Lipinski definition) is 0. The smallest absolute Gasteiger partial charge is 0.326 e. The largest absolute Gasteiger partial charge is 0.333 e. The SMILES string of the molecule is CC(=O)ON(CC(C)N(OC(C)=O)OC(C)=O)OC(C)=O.[Cr]. The van der Waals surface area contributed by atoms with E-state index in [0.29, 0.717) is 10.5 Å². The molecule has 0 aliphatic carbocycles. The molecule has 1 atom stereocenters. The second-order valence-corrected chi connectivity index (χ2v) is 3.98. The van der Waals surface area contributed by atoms with Crippen molar-refractivity contribution in [2.24, 2.45) is 0 Å². The molecular weight excluding hydrogens is 340 g/mol. The van der Waals surface area contributed by atoms with Gasteiger partial charge in [0, 0.05) is 55.5 Å². The Morgan fingerprint density at radius 1 is 0.773 bits per heavy atom. The minimum atomic E-state index is -0.795. The Morgan fingerprint density at radius 2 is 1.09 bits per heavy atom. The van der Waals surface area contributed by atoms with Crippen molar-refractivity contribution in [3.63, 3.8) is 0 Å². The number of hydroxylamine groups is 4. The van der Waals surface area contributed by atoms with Crippen molar-refractivity contribution in [2.75, 3.05) is 6.54 Å². The molecule has 0 aliphatic heterocycles. The molecule has 0 heterocycles. The Morgan fingerprint density at radius 3 is 1.36 bits per heavy atom. The van der Waals surface area contributed by atoms with Crippen molar-refractivity contribution in [3.05, 3.63) is 0 Å². The molecule has 0 spiro atoms. The molecule has 0 N–H and O–H groups in total. The van der Waals surface area contributed by atoms with E-state index in [0.717, 1.165) is 27.7 Å². The van der Waals surface area contributed by atoms with E-state index in [1.54, 1.807) is 0 Å². The molecule has 0 radical (unpaired) electrons. The Bertz CT molecular complexity index is 385. The van der Waals surface area contributed by atoms with Gasteiger partial charge in [-0.15, -0.1) is 0 Å². The maximum atomic E-state index is 10.9. The average molecular weight is 358 g/mol. The first-order chi connectivity index (χ1) is 9.61.